The molecule has 0 N–H and O–H groups in total. The van der Waals surface area contributed by atoms with E-state index in [-0.39, 0.29) is 0 Å². The van der Waals surface area contributed by atoms with E-state index in [9.17, 15) is 0 Å². The Kier molecular flexibility index (Phi) is 6.45. The van der Waals surface area contributed by atoms with Crippen LogP contribution in [0.1, 0.15) is 27.7 Å². The van der Waals surface area contributed by atoms with Gasteiger partial charge in [0.05, 0.1) is 0 Å². The second-order valence-corrected chi connectivity index (χ2v) is 4.99. The third-order valence-corrected chi connectivity index (χ3v) is 3.03. The van der Waals surface area contributed by atoms with Gasteiger partial charge in [-0.3, -0.25) is 0 Å². The van der Waals surface area contributed by atoms with Crippen LogP contribution in [0.5, 0.6) is 0 Å². The first kappa shape index (κ1) is 16.5. The van der Waals surface area contributed by atoms with Gasteiger partial charge in [-0.15, -0.1) is 0 Å². The van der Waals surface area contributed by atoms with E-state index in [1.54, 1.807) is 6.20 Å². The van der Waals surface area contributed by atoms with E-state index in [0.717, 1.165) is 22.8 Å². The lowest BCUT2D eigenvalue weighted by molar-refractivity contribution is 0.504. The number of hydrogen-bond acceptors (Lipinski definition) is 3. The lowest BCUT2D eigenvalue weighted by atomic mass is 10.1. The fourth-order valence-corrected chi connectivity index (χ4v) is 1.27. The Hall–Kier alpha value is -1.51. The summed E-state index contributed by atoms with van der Waals surface area (Å²) in [6, 6.07) is 0. The molecule has 0 atom stereocenters. The van der Waals surface area contributed by atoms with Crippen LogP contribution >= 0.6 is 0 Å². The molecule has 18 heavy (non-hydrogen) atoms. The van der Waals surface area contributed by atoms with Crippen molar-refractivity contribution in [2.24, 2.45) is 10.9 Å². The molecular formula is C15H27N3. The average Bonchev–Trinajstić information content (AvgIpc) is 2.32. The minimum atomic E-state index is 0.429. The molecule has 0 radical (unpaired) electrons. The number of nitrogens with zero attached hydrogens (tertiary/aromatic N) is 3. The molecule has 0 saturated carbocycles. The smallest absolute Gasteiger partial charge is 0.137 e. The molecule has 0 aliphatic carbocycles. The van der Waals surface area contributed by atoms with Crippen molar-refractivity contribution in [1.82, 2.24) is 9.80 Å². The summed E-state index contributed by atoms with van der Waals surface area (Å²) in [6.45, 7) is 16.2. The first-order chi connectivity index (χ1) is 8.22. The zero-order valence-corrected chi connectivity index (χ0v) is 12.9. The van der Waals surface area contributed by atoms with Gasteiger partial charge in [0.2, 0.25) is 0 Å². The molecule has 3 heteroatoms. The Morgan fingerprint density at radius 2 is 1.67 bits per heavy atom. The van der Waals surface area contributed by atoms with Gasteiger partial charge in [-0.25, -0.2) is 4.99 Å². The van der Waals surface area contributed by atoms with Gasteiger partial charge in [0.25, 0.3) is 0 Å². The average molecular weight is 249 g/mol. The van der Waals surface area contributed by atoms with Crippen LogP contribution < -0.4 is 0 Å². The maximum absolute atomic E-state index is 4.71. The van der Waals surface area contributed by atoms with Gasteiger partial charge < -0.3 is 9.80 Å². The number of allylic oxidation sites excluding steroid dienone is 1. The van der Waals surface area contributed by atoms with Crippen molar-refractivity contribution in [3.05, 3.63) is 36.4 Å². The maximum Gasteiger partial charge on any atom is 0.137 e. The van der Waals surface area contributed by atoms with Crippen molar-refractivity contribution >= 4 is 5.71 Å². The summed E-state index contributed by atoms with van der Waals surface area (Å²) < 4.78 is 0. The maximum atomic E-state index is 4.71. The van der Waals surface area contributed by atoms with E-state index in [4.69, 9.17) is 4.99 Å². The molecule has 0 amide bonds. The summed E-state index contributed by atoms with van der Waals surface area (Å²) in [6.07, 6.45) is 1.76. The van der Waals surface area contributed by atoms with Crippen LogP contribution in [0, 0.1) is 5.92 Å². The van der Waals surface area contributed by atoms with E-state index in [0.29, 0.717) is 5.92 Å². The van der Waals surface area contributed by atoms with Crippen LogP contribution in [0.25, 0.3) is 0 Å². The van der Waals surface area contributed by atoms with Crippen LogP contribution in [0.4, 0.5) is 0 Å². The summed E-state index contributed by atoms with van der Waals surface area (Å²) in [5, 5.41) is 0. The Bertz CT molecular complexity index is 373. The van der Waals surface area contributed by atoms with Crippen molar-refractivity contribution in [1.29, 1.82) is 0 Å². The topological polar surface area (TPSA) is 18.8 Å². The summed E-state index contributed by atoms with van der Waals surface area (Å²) >= 11 is 0. The quantitative estimate of drug-likeness (QED) is 0.530. The third-order valence-electron chi connectivity index (χ3n) is 3.03. The Morgan fingerprint density at radius 1 is 1.17 bits per heavy atom. The van der Waals surface area contributed by atoms with E-state index in [1.165, 1.54) is 0 Å². The number of rotatable bonds is 6. The van der Waals surface area contributed by atoms with Gasteiger partial charge in [-0.2, -0.15) is 0 Å². The van der Waals surface area contributed by atoms with Crippen molar-refractivity contribution in [2.75, 3.05) is 21.1 Å². The van der Waals surface area contributed by atoms with E-state index in [1.807, 2.05) is 44.8 Å². The fourth-order valence-electron chi connectivity index (χ4n) is 1.27. The first-order valence-electron chi connectivity index (χ1n) is 6.20. The van der Waals surface area contributed by atoms with Gasteiger partial charge in [0, 0.05) is 38.1 Å². The normalized spacial score (nSPS) is 13.2. The van der Waals surface area contributed by atoms with Crippen molar-refractivity contribution in [2.45, 2.75) is 27.7 Å². The van der Waals surface area contributed by atoms with Crippen LogP contribution in [-0.4, -0.2) is 36.7 Å². The molecule has 0 heterocycles. The highest BCUT2D eigenvalue weighted by Gasteiger charge is 2.11. The lowest BCUT2D eigenvalue weighted by Crippen LogP contribution is -2.18. The predicted molar refractivity (Wildman–Crippen MR) is 81.4 cm³/mol. The lowest BCUT2D eigenvalue weighted by Gasteiger charge is -2.23. The third kappa shape index (κ3) is 4.40. The highest BCUT2D eigenvalue weighted by Crippen LogP contribution is 2.19. The van der Waals surface area contributed by atoms with Crippen LogP contribution in [0.15, 0.2) is 41.4 Å². The molecule has 0 aromatic carbocycles. The molecule has 0 aromatic heterocycles. The minimum absolute atomic E-state index is 0.429. The second-order valence-electron chi connectivity index (χ2n) is 4.99. The molecule has 0 fully saturated rings. The number of likely N-dealkylation sites (N-methyl/N-ethyl adjacent to an activating group) is 1. The monoisotopic (exact) mass is 249 g/mol. The molecule has 3 nitrogen and oxygen atoms in total. The minimum Gasteiger partial charge on any atom is -0.378 e. The highest BCUT2D eigenvalue weighted by molar-refractivity contribution is 5.84. The second kappa shape index (κ2) is 7.04. The highest BCUT2D eigenvalue weighted by atomic mass is 15.2. The van der Waals surface area contributed by atoms with E-state index >= 15 is 0 Å². The molecule has 102 valence electrons. The van der Waals surface area contributed by atoms with Crippen molar-refractivity contribution < 1.29 is 0 Å². The summed E-state index contributed by atoms with van der Waals surface area (Å²) in [4.78, 5) is 8.63. The summed E-state index contributed by atoms with van der Waals surface area (Å²) in [7, 11) is 5.92. The Balaban J connectivity index is 5.63. The van der Waals surface area contributed by atoms with Crippen molar-refractivity contribution in [3.8, 4) is 0 Å². The molecule has 0 saturated heterocycles. The fraction of sp³-hybridized carbons (Fsp3) is 0.533. The molecule has 0 bridgehead atoms. The Labute approximate surface area is 112 Å². The number of hydrogen-bond donors (Lipinski definition) is 0. The predicted octanol–water partition coefficient (Wildman–Crippen LogP) is 3.49. The van der Waals surface area contributed by atoms with Crippen LogP contribution in [0.3, 0.4) is 0 Å². The van der Waals surface area contributed by atoms with Gasteiger partial charge in [0.15, 0.2) is 0 Å². The number of aliphatic imine (C=N–C) groups is 1. The zero-order valence-electron chi connectivity index (χ0n) is 12.9. The molecular weight excluding hydrogens is 222 g/mol. The molecule has 0 unspecified atom stereocenters. The first-order valence-corrected chi connectivity index (χ1v) is 6.20. The van der Waals surface area contributed by atoms with Gasteiger partial charge in [-0.05, 0) is 26.0 Å². The van der Waals surface area contributed by atoms with Gasteiger partial charge in [0.1, 0.15) is 5.82 Å². The summed E-state index contributed by atoms with van der Waals surface area (Å²) in [5.41, 5.74) is 3.12. The van der Waals surface area contributed by atoms with Gasteiger partial charge >= 0.3 is 0 Å². The van der Waals surface area contributed by atoms with Crippen LogP contribution in [-0.2, 0) is 0 Å². The SMILES string of the molecule is C=CN(C)C(/N=C(/C)C(C)C)=C(/C)C(=C)N(C)C. The van der Waals surface area contributed by atoms with Crippen molar-refractivity contribution in [3.63, 3.8) is 0 Å². The van der Waals surface area contributed by atoms with Crippen LogP contribution in [0.2, 0.25) is 0 Å². The largest absolute Gasteiger partial charge is 0.378 e. The Morgan fingerprint density at radius 3 is 2.00 bits per heavy atom. The zero-order chi connectivity index (χ0) is 14.5. The molecule has 0 aliphatic rings. The van der Waals surface area contributed by atoms with E-state index < -0.39 is 0 Å². The van der Waals surface area contributed by atoms with E-state index in [2.05, 4.69) is 27.0 Å². The molecule has 0 aliphatic heterocycles. The summed E-state index contributed by atoms with van der Waals surface area (Å²) in [5.74, 6) is 1.33. The molecule has 0 rings (SSSR count). The van der Waals surface area contributed by atoms with Gasteiger partial charge in [-0.1, -0.05) is 27.0 Å². The molecule has 0 spiro atoms. The standard InChI is InChI=1S/C15H27N3/c1-10-18(9)15(16-13(5)11(2)3)12(4)14(6)17(7)8/h10-11H,1,6H2,2-5,7-9H3/b15-12-,16-13-. The molecule has 0 aromatic rings.